The van der Waals surface area contributed by atoms with Crippen molar-refractivity contribution in [3.8, 4) is 0 Å². The van der Waals surface area contributed by atoms with Gasteiger partial charge in [-0.3, -0.25) is 4.99 Å². The Morgan fingerprint density at radius 3 is 3.80 bits per heavy atom. The van der Waals surface area contributed by atoms with E-state index in [1.54, 1.807) is 17.2 Å². The summed E-state index contributed by atoms with van der Waals surface area (Å²) in [6, 6.07) is 0. The van der Waals surface area contributed by atoms with Crippen molar-refractivity contribution < 1.29 is 2.74 Å². The molecule has 0 radical (unpaired) electrons. The third kappa shape index (κ3) is 0.757. The number of amidine groups is 1. The molecule has 0 N–H and O–H groups in total. The predicted octanol–water partition coefficient (Wildman–Crippen LogP) is 0.770. The number of nitrogens with zero attached hydrogens (tertiary/aromatic N) is 3. The highest BCUT2D eigenvalue weighted by atomic mass is 15.2. The van der Waals surface area contributed by atoms with Gasteiger partial charge < -0.3 is 4.90 Å². The molecule has 0 saturated heterocycles. The van der Waals surface area contributed by atoms with Gasteiger partial charge in [0.25, 0.3) is 0 Å². The van der Waals surface area contributed by atoms with Gasteiger partial charge in [0.2, 0.25) is 0 Å². The zero-order valence-corrected chi connectivity index (χ0v) is 5.23. The molecule has 2 aliphatic heterocycles. The molecule has 0 aliphatic carbocycles. The molecule has 0 saturated carbocycles. The van der Waals surface area contributed by atoms with Crippen molar-refractivity contribution in [2.45, 2.75) is 0 Å². The first-order valence-electron chi connectivity index (χ1n) is 4.02. The molecule has 0 aromatic carbocycles. The lowest BCUT2D eigenvalue weighted by molar-refractivity contribution is 0.617. The zero-order valence-electron chi connectivity index (χ0n) is 7.23. The molecule has 0 aromatic heterocycles. The lowest BCUT2D eigenvalue weighted by atomic mass is 10.4. The Labute approximate surface area is 61.9 Å². The Morgan fingerprint density at radius 2 is 2.80 bits per heavy atom. The third-order valence-electron chi connectivity index (χ3n) is 1.26. The normalized spacial score (nSPS) is 32.0. The van der Waals surface area contributed by atoms with Crippen LogP contribution in [0.2, 0.25) is 0 Å². The molecule has 0 bridgehead atoms. The van der Waals surface area contributed by atoms with Gasteiger partial charge in [-0.05, 0) is 6.08 Å². The van der Waals surface area contributed by atoms with Gasteiger partial charge in [0.1, 0.15) is 0 Å². The number of fused-ring (bicyclic) bond motifs is 1. The summed E-state index contributed by atoms with van der Waals surface area (Å²) in [5.41, 5.74) is 0. The molecular formula is C7H7N3. The molecule has 50 valence electrons. The summed E-state index contributed by atoms with van der Waals surface area (Å²) in [4.78, 5) is 9.36. The summed E-state index contributed by atoms with van der Waals surface area (Å²) in [6.07, 6.45) is 6.37. The monoisotopic (exact) mass is 135 g/mol. The maximum atomic E-state index is 7.56. The second-order valence-electron chi connectivity index (χ2n) is 1.90. The molecule has 10 heavy (non-hydrogen) atoms. The minimum atomic E-state index is -0.482. The summed E-state index contributed by atoms with van der Waals surface area (Å²) < 4.78 is 14.8. The number of rotatable bonds is 0. The van der Waals surface area contributed by atoms with Crippen LogP contribution in [0.1, 0.15) is 2.74 Å². The smallest absolute Gasteiger partial charge is 0.151 e. The Morgan fingerprint density at radius 1 is 1.80 bits per heavy atom. The molecule has 3 nitrogen and oxygen atoms in total. The Hall–Kier alpha value is -1.38. The van der Waals surface area contributed by atoms with Crippen molar-refractivity contribution in [3.63, 3.8) is 0 Å². The maximum Gasteiger partial charge on any atom is 0.151 e. The van der Waals surface area contributed by atoms with Gasteiger partial charge in [0.15, 0.2) is 5.84 Å². The lowest BCUT2D eigenvalue weighted by Crippen LogP contribution is -2.30. The van der Waals surface area contributed by atoms with Crippen LogP contribution in [0.4, 0.5) is 0 Å². The lowest BCUT2D eigenvalue weighted by Gasteiger charge is -2.21. The molecular weight excluding hydrogens is 126 g/mol. The summed E-state index contributed by atoms with van der Waals surface area (Å²) >= 11 is 0. The molecule has 0 fully saturated rings. The number of hydrogen-bond acceptors (Lipinski definition) is 3. The summed E-state index contributed by atoms with van der Waals surface area (Å²) in [5.74, 6) is 0.619. The van der Waals surface area contributed by atoms with Crippen LogP contribution < -0.4 is 0 Å². The molecule has 0 amide bonds. The van der Waals surface area contributed by atoms with Gasteiger partial charge in [-0.2, -0.15) is 0 Å². The van der Waals surface area contributed by atoms with Crippen LogP contribution in [0.25, 0.3) is 0 Å². The van der Waals surface area contributed by atoms with Crippen molar-refractivity contribution in [1.29, 1.82) is 0 Å². The number of hydrogen-bond donors (Lipinski definition) is 0. The average molecular weight is 135 g/mol. The van der Waals surface area contributed by atoms with Crippen LogP contribution >= 0.6 is 0 Å². The maximum absolute atomic E-state index is 7.56. The van der Waals surface area contributed by atoms with Gasteiger partial charge in [0, 0.05) is 25.1 Å². The fourth-order valence-corrected chi connectivity index (χ4v) is 0.793. The molecule has 3 heteroatoms. The topological polar surface area (TPSA) is 28.0 Å². The molecule has 0 spiro atoms. The molecule has 2 rings (SSSR count). The fraction of sp³-hybridized carbons (Fsp3) is 0.143. The Kier molecular flexibility index (Phi) is 0.777. The summed E-state index contributed by atoms with van der Waals surface area (Å²) in [6.45, 7) is -0.482. The fourth-order valence-electron chi connectivity index (χ4n) is 0.793. The highest BCUT2D eigenvalue weighted by molar-refractivity contribution is 6.30. The van der Waals surface area contributed by atoms with Gasteiger partial charge >= 0.3 is 0 Å². The van der Waals surface area contributed by atoms with E-state index < -0.39 is 6.52 Å². The first-order chi connectivity index (χ1) is 5.77. The zero-order chi connectivity index (χ0) is 8.55. The van der Waals surface area contributed by atoms with Crippen LogP contribution in [0.5, 0.6) is 0 Å². The average Bonchev–Trinajstić information content (AvgIpc) is 2.07. The van der Waals surface area contributed by atoms with Crippen LogP contribution in [0, 0.1) is 0 Å². The molecule has 2 heterocycles. The minimum Gasteiger partial charge on any atom is -0.326 e. The first kappa shape index (κ1) is 3.71. The molecule has 0 aromatic rings. The highest BCUT2D eigenvalue weighted by Crippen LogP contribution is 2.03. The molecule has 1 atom stereocenters. The van der Waals surface area contributed by atoms with E-state index in [1.807, 2.05) is 0 Å². The van der Waals surface area contributed by atoms with Crippen LogP contribution in [0.15, 0.2) is 34.6 Å². The van der Waals surface area contributed by atoms with Crippen LogP contribution in [0.3, 0.4) is 0 Å². The second-order valence-corrected chi connectivity index (χ2v) is 1.90. The van der Waals surface area contributed by atoms with E-state index in [2.05, 4.69) is 9.98 Å². The number of aliphatic imine (C=N–C) groups is 2. The van der Waals surface area contributed by atoms with Crippen LogP contribution in [-0.4, -0.2) is 23.5 Å². The van der Waals surface area contributed by atoms with Crippen molar-refractivity contribution in [3.05, 3.63) is 24.7 Å². The van der Waals surface area contributed by atoms with Crippen molar-refractivity contribution in [1.82, 2.24) is 4.90 Å². The standard InChI is InChI=1S/C7H7N3/c1-2-9-7-6-8-3-5-10(7)4-1/h1-3,5-6H,4H2/i3D,4D. The Balaban J connectivity index is 2.36. The van der Waals surface area contributed by atoms with E-state index in [1.165, 1.54) is 12.4 Å². The van der Waals surface area contributed by atoms with E-state index in [0.717, 1.165) is 0 Å². The third-order valence-corrected chi connectivity index (χ3v) is 1.26. The van der Waals surface area contributed by atoms with E-state index in [-0.39, 0.29) is 6.18 Å². The van der Waals surface area contributed by atoms with Crippen molar-refractivity contribution >= 4 is 12.1 Å². The van der Waals surface area contributed by atoms with Gasteiger partial charge in [-0.15, -0.1) is 0 Å². The minimum absolute atomic E-state index is 0.154. The van der Waals surface area contributed by atoms with Gasteiger partial charge in [-0.25, -0.2) is 4.99 Å². The SMILES string of the molecule is [2H]C1=CN2C(=NC=CC2[2H])C=N1. The van der Waals surface area contributed by atoms with E-state index in [4.69, 9.17) is 2.74 Å². The van der Waals surface area contributed by atoms with E-state index >= 15 is 0 Å². The van der Waals surface area contributed by atoms with Gasteiger partial charge in [0.05, 0.1) is 8.96 Å². The van der Waals surface area contributed by atoms with Crippen molar-refractivity contribution in [2.75, 3.05) is 6.52 Å². The molecule has 2 aliphatic rings. The quantitative estimate of drug-likeness (QED) is 0.482. The molecule has 1 unspecified atom stereocenters. The van der Waals surface area contributed by atoms with E-state index in [9.17, 15) is 0 Å². The first-order valence-corrected chi connectivity index (χ1v) is 2.95. The van der Waals surface area contributed by atoms with E-state index in [0.29, 0.717) is 5.84 Å². The predicted molar refractivity (Wildman–Crippen MR) is 40.9 cm³/mol. The Bertz CT molecular complexity index is 317. The summed E-state index contributed by atoms with van der Waals surface area (Å²) in [7, 11) is 0. The van der Waals surface area contributed by atoms with Crippen molar-refractivity contribution in [2.24, 2.45) is 9.98 Å². The second kappa shape index (κ2) is 2.10. The highest BCUT2D eigenvalue weighted by Gasteiger charge is 2.08. The van der Waals surface area contributed by atoms with Crippen LogP contribution in [-0.2, 0) is 0 Å². The van der Waals surface area contributed by atoms with Gasteiger partial charge in [-0.1, -0.05) is 0 Å². The largest absolute Gasteiger partial charge is 0.326 e. The summed E-state index contributed by atoms with van der Waals surface area (Å²) in [5, 5.41) is 0.